The summed E-state index contributed by atoms with van der Waals surface area (Å²) < 4.78 is 26.1. The third kappa shape index (κ3) is 3.18. The van der Waals surface area contributed by atoms with Crippen LogP contribution >= 0.6 is 24.0 Å². The Morgan fingerprint density at radius 1 is 1.44 bits per heavy atom. The minimum absolute atomic E-state index is 0. The van der Waals surface area contributed by atoms with E-state index in [9.17, 15) is 8.78 Å². The predicted molar refractivity (Wildman–Crippen MR) is 62.1 cm³/mol. The summed E-state index contributed by atoms with van der Waals surface area (Å²) in [5.74, 6) is -3.42. The number of hydrogen-bond donors (Lipinski definition) is 3. The molecule has 0 saturated heterocycles. The molecule has 0 amide bonds. The molecular formula is C9H12Cl2F2N2O. The molecule has 92 valence electrons. The second kappa shape index (κ2) is 5.63. The van der Waals surface area contributed by atoms with Crippen molar-refractivity contribution in [3.05, 3.63) is 28.8 Å². The van der Waals surface area contributed by atoms with E-state index in [1.165, 1.54) is 18.2 Å². The number of benzene rings is 1. The standard InChI is InChI=1S/C9H11ClF2N2O.ClH/c10-5-1-2-7(13)6(3-5)8(14)9(11,12)4-15;/h1-3,8,15H,4,13-14H2;1H/t8-;/m1./s1. The quantitative estimate of drug-likeness (QED) is 0.737. The van der Waals surface area contributed by atoms with E-state index in [2.05, 4.69) is 0 Å². The van der Waals surface area contributed by atoms with Crippen molar-refractivity contribution < 1.29 is 13.9 Å². The van der Waals surface area contributed by atoms with Crippen LogP contribution in [0.1, 0.15) is 11.6 Å². The van der Waals surface area contributed by atoms with Crippen molar-refractivity contribution in [3.8, 4) is 0 Å². The molecular weight excluding hydrogens is 261 g/mol. The first-order valence-corrected chi connectivity index (χ1v) is 4.55. The van der Waals surface area contributed by atoms with Gasteiger partial charge in [0, 0.05) is 10.7 Å². The maximum atomic E-state index is 13.1. The van der Waals surface area contributed by atoms with E-state index in [0.717, 1.165) is 0 Å². The first-order valence-electron chi connectivity index (χ1n) is 4.17. The van der Waals surface area contributed by atoms with Crippen molar-refractivity contribution in [2.75, 3.05) is 12.3 Å². The number of nitrogens with two attached hydrogens (primary N) is 2. The van der Waals surface area contributed by atoms with Crippen molar-refractivity contribution in [3.63, 3.8) is 0 Å². The van der Waals surface area contributed by atoms with Crippen LogP contribution in [0.3, 0.4) is 0 Å². The van der Waals surface area contributed by atoms with Crippen LogP contribution in [-0.4, -0.2) is 17.6 Å². The summed E-state index contributed by atoms with van der Waals surface area (Å²) in [6, 6.07) is 2.47. The van der Waals surface area contributed by atoms with Gasteiger partial charge in [-0.15, -0.1) is 12.4 Å². The molecule has 16 heavy (non-hydrogen) atoms. The lowest BCUT2D eigenvalue weighted by Gasteiger charge is -2.22. The maximum absolute atomic E-state index is 13.1. The van der Waals surface area contributed by atoms with E-state index in [1.54, 1.807) is 0 Å². The monoisotopic (exact) mass is 272 g/mol. The summed E-state index contributed by atoms with van der Waals surface area (Å²) in [5.41, 5.74) is 10.9. The van der Waals surface area contributed by atoms with Gasteiger partial charge >= 0.3 is 0 Å². The summed E-state index contributed by atoms with van der Waals surface area (Å²) in [6.07, 6.45) is 0. The Hall–Kier alpha value is -0.620. The molecule has 0 unspecified atom stereocenters. The zero-order valence-corrected chi connectivity index (χ0v) is 9.73. The van der Waals surface area contributed by atoms with Gasteiger partial charge in [0.25, 0.3) is 5.92 Å². The van der Waals surface area contributed by atoms with Gasteiger partial charge in [-0.05, 0) is 23.8 Å². The van der Waals surface area contributed by atoms with Gasteiger partial charge in [0.05, 0.1) is 6.04 Å². The van der Waals surface area contributed by atoms with E-state index in [4.69, 9.17) is 28.2 Å². The van der Waals surface area contributed by atoms with E-state index >= 15 is 0 Å². The van der Waals surface area contributed by atoms with Crippen LogP contribution in [0, 0.1) is 0 Å². The number of hydrogen-bond acceptors (Lipinski definition) is 3. The lowest BCUT2D eigenvalue weighted by molar-refractivity contribution is -0.0710. The molecule has 0 aliphatic rings. The molecule has 7 heteroatoms. The average molecular weight is 273 g/mol. The van der Waals surface area contributed by atoms with Crippen LogP contribution in [0.5, 0.6) is 0 Å². The summed E-state index contributed by atoms with van der Waals surface area (Å²) in [4.78, 5) is 0. The normalized spacial score (nSPS) is 13.1. The first kappa shape index (κ1) is 15.4. The van der Waals surface area contributed by atoms with Crippen LogP contribution in [0.4, 0.5) is 14.5 Å². The zero-order valence-electron chi connectivity index (χ0n) is 8.16. The molecule has 0 spiro atoms. The predicted octanol–water partition coefficient (Wildman–Crippen LogP) is 1.97. The number of nitrogen functional groups attached to an aromatic ring is 1. The highest BCUT2D eigenvalue weighted by Gasteiger charge is 2.38. The highest BCUT2D eigenvalue weighted by Crippen LogP contribution is 2.33. The fourth-order valence-corrected chi connectivity index (χ4v) is 1.32. The highest BCUT2D eigenvalue weighted by molar-refractivity contribution is 6.30. The number of alkyl halides is 2. The Bertz CT molecular complexity index is 363. The van der Waals surface area contributed by atoms with Crippen LogP contribution < -0.4 is 11.5 Å². The third-order valence-corrected chi connectivity index (χ3v) is 2.28. The SMILES string of the molecule is Cl.Nc1ccc(Cl)cc1[C@@H](N)C(F)(F)CO. The smallest absolute Gasteiger partial charge is 0.289 e. The zero-order chi connectivity index (χ0) is 11.6. The van der Waals surface area contributed by atoms with Crippen LogP contribution in [0.25, 0.3) is 0 Å². The topological polar surface area (TPSA) is 72.3 Å². The van der Waals surface area contributed by atoms with Gasteiger partial charge in [0.1, 0.15) is 6.61 Å². The number of aliphatic hydroxyl groups excluding tert-OH is 1. The minimum Gasteiger partial charge on any atom is -0.398 e. The van der Waals surface area contributed by atoms with E-state index < -0.39 is 18.6 Å². The molecule has 1 atom stereocenters. The molecule has 0 saturated carbocycles. The van der Waals surface area contributed by atoms with E-state index in [0.29, 0.717) is 0 Å². The fraction of sp³-hybridized carbons (Fsp3) is 0.333. The molecule has 0 fully saturated rings. The Labute approximate surface area is 103 Å². The van der Waals surface area contributed by atoms with E-state index in [-0.39, 0.29) is 28.7 Å². The lowest BCUT2D eigenvalue weighted by atomic mass is 10.0. The number of halogens is 4. The lowest BCUT2D eigenvalue weighted by Crippen LogP contribution is -2.36. The van der Waals surface area contributed by atoms with Crippen molar-refractivity contribution >= 4 is 29.7 Å². The van der Waals surface area contributed by atoms with Crippen molar-refractivity contribution in [2.24, 2.45) is 5.73 Å². The summed E-state index contributed by atoms with van der Waals surface area (Å²) in [7, 11) is 0. The van der Waals surface area contributed by atoms with Gasteiger partial charge in [-0.25, -0.2) is 8.78 Å². The number of rotatable bonds is 3. The molecule has 0 bridgehead atoms. The second-order valence-corrected chi connectivity index (χ2v) is 3.61. The summed E-state index contributed by atoms with van der Waals surface area (Å²) >= 11 is 5.64. The second-order valence-electron chi connectivity index (χ2n) is 3.17. The third-order valence-electron chi connectivity index (χ3n) is 2.05. The Morgan fingerprint density at radius 2 is 2.00 bits per heavy atom. The van der Waals surface area contributed by atoms with Gasteiger partial charge < -0.3 is 16.6 Å². The van der Waals surface area contributed by atoms with Gasteiger partial charge in [0.2, 0.25) is 0 Å². The van der Waals surface area contributed by atoms with Gasteiger partial charge in [0.15, 0.2) is 0 Å². The van der Waals surface area contributed by atoms with E-state index in [1.807, 2.05) is 0 Å². The molecule has 0 radical (unpaired) electrons. The van der Waals surface area contributed by atoms with Crippen LogP contribution in [0.2, 0.25) is 5.02 Å². The van der Waals surface area contributed by atoms with Crippen molar-refractivity contribution in [2.45, 2.75) is 12.0 Å². The fourth-order valence-electron chi connectivity index (χ4n) is 1.14. The average Bonchev–Trinajstić information content (AvgIpc) is 2.20. The highest BCUT2D eigenvalue weighted by atomic mass is 35.5. The maximum Gasteiger partial charge on any atom is 0.289 e. The van der Waals surface area contributed by atoms with Gasteiger partial charge in [-0.2, -0.15) is 0 Å². The molecule has 3 nitrogen and oxygen atoms in total. The number of aliphatic hydroxyl groups is 1. The summed E-state index contributed by atoms with van der Waals surface area (Å²) in [6.45, 7) is -1.33. The molecule has 1 rings (SSSR count). The first-order chi connectivity index (χ1) is 6.88. The molecule has 0 aromatic heterocycles. The summed E-state index contributed by atoms with van der Waals surface area (Å²) in [5, 5.41) is 8.75. The molecule has 5 N–H and O–H groups in total. The van der Waals surface area contributed by atoms with Crippen LogP contribution in [-0.2, 0) is 0 Å². The Kier molecular flexibility index (Phi) is 5.41. The Morgan fingerprint density at radius 3 is 2.50 bits per heavy atom. The van der Waals surface area contributed by atoms with Gasteiger partial charge in [-0.1, -0.05) is 11.6 Å². The molecule has 0 heterocycles. The number of anilines is 1. The molecule has 0 aliphatic carbocycles. The van der Waals surface area contributed by atoms with Crippen molar-refractivity contribution in [1.82, 2.24) is 0 Å². The molecule has 1 aromatic rings. The molecule has 0 aliphatic heterocycles. The molecule has 1 aromatic carbocycles. The van der Waals surface area contributed by atoms with Gasteiger partial charge in [-0.3, -0.25) is 0 Å². The minimum atomic E-state index is -3.42. The van der Waals surface area contributed by atoms with Crippen molar-refractivity contribution in [1.29, 1.82) is 0 Å². The van der Waals surface area contributed by atoms with Crippen LogP contribution in [0.15, 0.2) is 18.2 Å². The largest absolute Gasteiger partial charge is 0.398 e. The Balaban J connectivity index is 0.00000225.